The largest absolute Gasteiger partial charge is 0.464 e. The van der Waals surface area contributed by atoms with Gasteiger partial charge in [-0.25, -0.2) is 4.98 Å². The molecule has 0 saturated carbocycles. The van der Waals surface area contributed by atoms with Gasteiger partial charge in [0, 0.05) is 12.7 Å². The highest BCUT2D eigenvalue weighted by atomic mass is 16.3. The number of nitrogens with one attached hydrogen (secondary N) is 1. The predicted molar refractivity (Wildman–Crippen MR) is 70.0 cm³/mol. The molecule has 1 unspecified atom stereocenters. The molecule has 4 heteroatoms. The molecule has 2 aromatic heterocycles. The first-order valence-corrected chi connectivity index (χ1v) is 6.11. The zero-order chi connectivity index (χ0) is 12.1. The third-order valence-corrected chi connectivity index (χ3v) is 3.09. The second kappa shape index (κ2) is 5.68. The average molecular weight is 233 g/mol. The Bertz CT molecular complexity index is 466. The van der Waals surface area contributed by atoms with Gasteiger partial charge in [-0.3, -0.25) is 0 Å². The number of rotatable bonds is 6. The van der Waals surface area contributed by atoms with Gasteiger partial charge in [0.05, 0.1) is 11.6 Å². The Balaban J connectivity index is 2.05. The molecule has 2 heterocycles. The van der Waals surface area contributed by atoms with E-state index in [1.54, 1.807) is 12.5 Å². The zero-order valence-corrected chi connectivity index (χ0v) is 10.1. The lowest BCUT2D eigenvalue weighted by atomic mass is 10.0. The van der Waals surface area contributed by atoms with Crippen molar-refractivity contribution in [1.29, 1.82) is 0 Å². The molecule has 0 aromatic carbocycles. The van der Waals surface area contributed by atoms with Crippen molar-refractivity contribution in [3.05, 3.63) is 24.6 Å². The summed E-state index contributed by atoms with van der Waals surface area (Å²) in [6.45, 7) is 3.84. The Morgan fingerprint density at radius 1 is 1.47 bits per heavy atom. The van der Waals surface area contributed by atoms with Crippen molar-refractivity contribution >= 4 is 16.8 Å². The summed E-state index contributed by atoms with van der Waals surface area (Å²) < 4.78 is 5.34. The smallest absolute Gasteiger partial charge is 0.139 e. The van der Waals surface area contributed by atoms with Crippen molar-refractivity contribution in [2.24, 2.45) is 11.7 Å². The molecule has 0 aliphatic rings. The maximum Gasteiger partial charge on any atom is 0.139 e. The van der Waals surface area contributed by atoms with E-state index in [9.17, 15) is 0 Å². The van der Waals surface area contributed by atoms with Crippen molar-refractivity contribution in [3.8, 4) is 0 Å². The molecular weight excluding hydrogens is 214 g/mol. The molecule has 1 atom stereocenters. The van der Waals surface area contributed by atoms with Crippen molar-refractivity contribution in [2.45, 2.75) is 19.8 Å². The number of nitrogens with zero attached hydrogens (tertiary/aromatic N) is 1. The minimum absolute atomic E-state index is 0.601. The Morgan fingerprint density at radius 3 is 3.12 bits per heavy atom. The van der Waals surface area contributed by atoms with Crippen LogP contribution in [0.4, 0.5) is 5.82 Å². The molecule has 0 spiro atoms. The third kappa shape index (κ3) is 2.77. The van der Waals surface area contributed by atoms with Gasteiger partial charge < -0.3 is 15.5 Å². The molecule has 0 fully saturated rings. The Hall–Kier alpha value is -1.55. The van der Waals surface area contributed by atoms with Gasteiger partial charge in [0.1, 0.15) is 11.4 Å². The Labute approximate surface area is 101 Å². The standard InChI is InChI=1S/C13H19N3O/c1-2-10(3-6-14)9-16-13-11-5-8-17-12(11)4-7-15-13/h4-5,7-8,10H,2-3,6,9,14H2,1H3,(H,15,16). The molecule has 17 heavy (non-hydrogen) atoms. The van der Waals surface area contributed by atoms with Crippen LogP contribution in [0.5, 0.6) is 0 Å². The van der Waals surface area contributed by atoms with Crippen molar-refractivity contribution in [2.75, 3.05) is 18.4 Å². The lowest BCUT2D eigenvalue weighted by Crippen LogP contribution is -2.17. The van der Waals surface area contributed by atoms with Crippen molar-refractivity contribution in [3.63, 3.8) is 0 Å². The third-order valence-electron chi connectivity index (χ3n) is 3.09. The van der Waals surface area contributed by atoms with E-state index in [0.717, 1.165) is 42.7 Å². The van der Waals surface area contributed by atoms with Crippen LogP contribution < -0.4 is 11.1 Å². The van der Waals surface area contributed by atoms with Crippen LogP contribution in [0.25, 0.3) is 11.0 Å². The number of hydrogen-bond donors (Lipinski definition) is 2. The van der Waals surface area contributed by atoms with Crippen LogP contribution in [0.1, 0.15) is 19.8 Å². The first-order valence-electron chi connectivity index (χ1n) is 6.11. The van der Waals surface area contributed by atoms with Gasteiger partial charge in [0.15, 0.2) is 0 Å². The van der Waals surface area contributed by atoms with Gasteiger partial charge in [-0.1, -0.05) is 13.3 Å². The van der Waals surface area contributed by atoms with Crippen LogP contribution in [0.3, 0.4) is 0 Å². The number of furan rings is 1. The van der Waals surface area contributed by atoms with E-state index in [2.05, 4.69) is 17.2 Å². The van der Waals surface area contributed by atoms with Gasteiger partial charge >= 0.3 is 0 Å². The van der Waals surface area contributed by atoms with E-state index in [-0.39, 0.29) is 0 Å². The molecular formula is C13H19N3O. The summed E-state index contributed by atoms with van der Waals surface area (Å²) in [4.78, 5) is 4.34. The van der Waals surface area contributed by atoms with Gasteiger partial charge in [-0.05, 0) is 31.0 Å². The maximum absolute atomic E-state index is 5.59. The molecule has 0 amide bonds. The highest BCUT2D eigenvalue weighted by Gasteiger charge is 2.08. The SMILES string of the molecule is CCC(CCN)CNc1nccc2occc12. The molecule has 4 nitrogen and oxygen atoms in total. The Kier molecular flexibility index (Phi) is 3.98. The molecule has 92 valence electrons. The summed E-state index contributed by atoms with van der Waals surface area (Å²) in [5.74, 6) is 1.50. The molecule has 0 aliphatic carbocycles. The van der Waals surface area contributed by atoms with Gasteiger partial charge in [0.25, 0.3) is 0 Å². The van der Waals surface area contributed by atoms with Gasteiger partial charge in [-0.15, -0.1) is 0 Å². The van der Waals surface area contributed by atoms with Crippen LogP contribution in [0, 0.1) is 5.92 Å². The molecule has 2 aromatic rings. The minimum Gasteiger partial charge on any atom is -0.464 e. The fraction of sp³-hybridized carbons (Fsp3) is 0.462. The highest BCUT2D eigenvalue weighted by Crippen LogP contribution is 2.22. The second-order valence-electron chi connectivity index (χ2n) is 4.22. The number of aromatic nitrogens is 1. The molecule has 0 aliphatic heterocycles. The fourth-order valence-electron chi connectivity index (χ4n) is 1.96. The van der Waals surface area contributed by atoms with Crippen LogP contribution in [0.15, 0.2) is 29.0 Å². The van der Waals surface area contributed by atoms with Crippen molar-refractivity contribution in [1.82, 2.24) is 4.98 Å². The van der Waals surface area contributed by atoms with Crippen LogP contribution in [-0.4, -0.2) is 18.1 Å². The summed E-state index contributed by atoms with van der Waals surface area (Å²) in [5.41, 5.74) is 6.46. The quantitative estimate of drug-likeness (QED) is 0.805. The lowest BCUT2D eigenvalue weighted by Gasteiger charge is -2.15. The van der Waals surface area contributed by atoms with E-state index in [1.165, 1.54) is 0 Å². The number of nitrogens with two attached hydrogens (primary N) is 1. The maximum atomic E-state index is 5.59. The fourth-order valence-corrected chi connectivity index (χ4v) is 1.96. The molecule has 0 radical (unpaired) electrons. The number of hydrogen-bond acceptors (Lipinski definition) is 4. The molecule has 3 N–H and O–H groups in total. The molecule has 0 saturated heterocycles. The number of anilines is 1. The number of pyridine rings is 1. The van der Waals surface area contributed by atoms with E-state index in [1.807, 2.05) is 12.1 Å². The topological polar surface area (TPSA) is 64.1 Å². The van der Waals surface area contributed by atoms with Crippen LogP contribution in [-0.2, 0) is 0 Å². The number of fused-ring (bicyclic) bond motifs is 1. The summed E-state index contributed by atoms with van der Waals surface area (Å²) in [7, 11) is 0. The average Bonchev–Trinajstić information content (AvgIpc) is 2.83. The van der Waals surface area contributed by atoms with Crippen LogP contribution in [0.2, 0.25) is 0 Å². The highest BCUT2D eigenvalue weighted by molar-refractivity contribution is 5.87. The van der Waals surface area contributed by atoms with Crippen molar-refractivity contribution < 1.29 is 4.42 Å². The molecule has 2 rings (SSSR count). The van der Waals surface area contributed by atoms with E-state index in [4.69, 9.17) is 10.2 Å². The normalized spacial score (nSPS) is 12.8. The van der Waals surface area contributed by atoms with E-state index in [0.29, 0.717) is 5.92 Å². The molecule has 0 bridgehead atoms. The monoisotopic (exact) mass is 233 g/mol. The summed E-state index contributed by atoms with van der Waals surface area (Å²) >= 11 is 0. The van der Waals surface area contributed by atoms with Gasteiger partial charge in [-0.2, -0.15) is 0 Å². The van der Waals surface area contributed by atoms with Crippen LogP contribution >= 0.6 is 0 Å². The predicted octanol–water partition coefficient (Wildman–Crippen LogP) is 2.61. The lowest BCUT2D eigenvalue weighted by molar-refractivity contribution is 0.501. The second-order valence-corrected chi connectivity index (χ2v) is 4.22. The minimum atomic E-state index is 0.601. The van der Waals surface area contributed by atoms with E-state index < -0.39 is 0 Å². The van der Waals surface area contributed by atoms with E-state index >= 15 is 0 Å². The zero-order valence-electron chi connectivity index (χ0n) is 10.1. The first-order chi connectivity index (χ1) is 8.35. The first kappa shape index (κ1) is 11.9. The van der Waals surface area contributed by atoms with Gasteiger partial charge in [0.2, 0.25) is 0 Å². The summed E-state index contributed by atoms with van der Waals surface area (Å²) in [6.07, 6.45) is 5.63. The summed E-state index contributed by atoms with van der Waals surface area (Å²) in [6, 6.07) is 3.81. The Morgan fingerprint density at radius 2 is 2.35 bits per heavy atom. The summed E-state index contributed by atoms with van der Waals surface area (Å²) in [5, 5.41) is 4.42.